The van der Waals surface area contributed by atoms with Crippen molar-refractivity contribution in [3.05, 3.63) is 50.9 Å². The summed E-state index contributed by atoms with van der Waals surface area (Å²) >= 11 is 6.29. The molecule has 1 heterocycles. The lowest BCUT2D eigenvalue weighted by atomic mass is 9.91. The van der Waals surface area contributed by atoms with Crippen LogP contribution in [0.15, 0.2) is 33.5 Å². The van der Waals surface area contributed by atoms with Gasteiger partial charge in [0.05, 0.1) is 5.02 Å². The second-order valence-corrected chi connectivity index (χ2v) is 5.99. The molecule has 1 aromatic heterocycles. The summed E-state index contributed by atoms with van der Waals surface area (Å²) in [5, 5.41) is 1.46. The third-order valence-corrected chi connectivity index (χ3v) is 4.05. The molecule has 110 valence electrons. The van der Waals surface area contributed by atoms with Gasteiger partial charge in [0, 0.05) is 17.0 Å². The average molecular weight is 305 g/mol. The van der Waals surface area contributed by atoms with Gasteiger partial charge in [-0.2, -0.15) is 0 Å². The first-order chi connectivity index (χ1) is 10.1. The average Bonchev–Trinajstić information content (AvgIpc) is 2.46. The predicted octanol–water partition coefficient (Wildman–Crippen LogP) is 4.28. The second kappa shape index (κ2) is 5.57. The molecule has 0 fully saturated rings. The van der Waals surface area contributed by atoms with E-state index in [1.54, 1.807) is 6.07 Å². The van der Waals surface area contributed by atoms with Crippen LogP contribution in [0.2, 0.25) is 5.02 Å². The Morgan fingerprint density at radius 1 is 1.33 bits per heavy atom. The van der Waals surface area contributed by atoms with Crippen LogP contribution in [0.25, 0.3) is 11.0 Å². The van der Waals surface area contributed by atoms with E-state index in [1.807, 2.05) is 13.0 Å². The highest BCUT2D eigenvalue weighted by Gasteiger charge is 2.19. The molecule has 1 aliphatic rings. The van der Waals surface area contributed by atoms with Crippen LogP contribution in [0.1, 0.15) is 30.9 Å². The molecule has 0 N–H and O–H groups in total. The zero-order chi connectivity index (χ0) is 15.0. The molecule has 3 nitrogen and oxygen atoms in total. The third kappa shape index (κ3) is 2.70. The maximum atomic E-state index is 12.1. The minimum absolute atomic E-state index is 0.231. The van der Waals surface area contributed by atoms with Crippen molar-refractivity contribution >= 4 is 22.6 Å². The van der Waals surface area contributed by atoms with E-state index >= 15 is 0 Å². The van der Waals surface area contributed by atoms with Crippen LogP contribution in [-0.2, 0) is 12.8 Å². The van der Waals surface area contributed by atoms with E-state index in [1.165, 1.54) is 0 Å². The number of benzene rings is 1. The summed E-state index contributed by atoms with van der Waals surface area (Å²) < 4.78 is 11.0. The highest BCUT2D eigenvalue weighted by atomic mass is 35.5. The molecule has 0 unspecified atom stereocenters. The van der Waals surface area contributed by atoms with E-state index in [0.29, 0.717) is 23.0 Å². The molecule has 0 amide bonds. The van der Waals surface area contributed by atoms with Crippen LogP contribution < -0.4 is 10.4 Å². The molecule has 0 radical (unpaired) electrons. The number of rotatable bonds is 3. The molecule has 0 bridgehead atoms. The highest BCUT2D eigenvalue weighted by molar-refractivity contribution is 6.32. The SMILES string of the molecule is C=C(C)COc1cc2oc(=O)c3c(c2cc1Cl)CCCC3. The van der Waals surface area contributed by atoms with Crippen molar-refractivity contribution in [1.29, 1.82) is 0 Å². The number of aryl methyl sites for hydroxylation is 1. The van der Waals surface area contributed by atoms with Gasteiger partial charge in [-0.05, 0) is 49.8 Å². The van der Waals surface area contributed by atoms with Gasteiger partial charge in [-0.3, -0.25) is 0 Å². The Hall–Kier alpha value is -1.74. The van der Waals surface area contributed by atoms with Gasteiger partial charge in [0.15, 0.2) is 0 Å². The smallest absolute Gasteiger partial charge is 0.339 e. The van der Waals surface area contributed by atoms with Crippen molar-refractivity contribution in [2.75, 3.05) is 6.61 Å². The van der Waals surface area contributed by atoms with Crippen LogP contribution in [0.4, 0.5) is 0 Å². The summed E-state index contributed by atoms with van der Waals surface area (Å²) in [6, 6.07) is 3.55. The fourth-order valence-electron chi connectivity index (χ4n) is 2.76. The fourth-order valence-corrected chi connectivity index (χ4v) is 2.97. The lowest BCUT2D eigenvalue weighted by Crippen LogP contribution is -2.15. The standard InChI is InChI=1S/C17H17ClO3/c1-10(2)9-20-16-8-15-13(7-14(16)18)11-5-3-4-6-12(11)17(19)21-15/h7-8H,1,3-6,9H2,2H3. The van der Waals surface area contributed by atoms with Gasteiger partial charge in [0.1, 0.15) is 17.9 Å². The molecular formula is C17H17ClO3. The van der Waals surface area contributed by atoms with Gasteiger partial charge in [0.25, 0.3) is 0 Å². The topological polar surface area (TPSA) is 39.4 Å². The van der Waals surface area contributed by atoms with Gasteiger partial charge < -0.3 is 9.15 Å². The summed E-state index contributed by atoms with van der Waals surface area (Å²) in [5.41, 5.74) is 3.10. The first kappa shape index (κ1) is 14.2. The molecule has 1 aromatic carbocycles. The van der Waals surface area contributed by atoms with Gasteiger partial charge in [0.2, 0.25) is 0 Å². The van der Waals surface area contributed by atoms with Crippen molar-refractivity contribution in [3.63, 3.8) is 0 Å². The molecule has 2 aromatic rings. The van der Waals surface area contributed by atoms with E-state index in [-0.39, 0.29) is 5.63 Å². The van der Waals surface area contributed by atoms with Crippen LogP contribution in [0.5, 0.6) is 5.75 Å². The van der Waals surface area contributed by atoms with Crippen LogP contribution in [0.3, 0.4) is 0 Å². The minimum Gasteiger partial charge on any atom is -0.488 e. The van der Waals surface area contributed by atoms with E-state index in [4.69, 9.17) is 20.8 Å². The molecule has 3 rings (SSSR count). The maximum absolute atomic E-state index is 12.1. The first-order valence-electron chi connectivity index (χ1n) is 7.11. The monoisotopic (exact) mass is 304 g/mol. The summed E-state index contributed by atoms with van der Waals surface area (Å²) in [7, 11) is 0. The molecular weight excluding hydrogens is 288 g/mol. The number of hydrogen-bond donors (Lipinski definition) is 0. The van der Waals surface area contributed by atoms with Crippen molar-refractivity contribution in [2.45, 2.75) is 32.6 Å². The van der Waals surface area contributed by atoms with E-state index < -0.39 is 0 Å². The van der Waals surface area contributed by atoms with Gasteiger partial charge in [-0.15, -0.1) is 0 Å². The fraction of sp³-hybridized carbons (Fsp3) is 0.353. The molecule has 0 spiro atoms. The van der Waals surface area contributed by atoms with E-state index in [2.05, 4.69) is 6.58 Å². The summed E-state index contributed by atoms with van der Waals surface area (Å²) in [4.78, 5) is 12.1. The van der Waals surface area contributed by atoms with Crippen molar-refractivity contribution in [3.8, 4) is 5.75 Å². The molecule has 1 aliphatic carbocycles. The lowest BCUT2D eigenvalue weighted by Gasteiger charge is -2.17. The molecule has 0 saturated carbocycles. The number of hydrogen-bond acceptors (Lipinski definition) is 3. The first-order valence-corrected chi connectivity index (χ1v) is 7.49. The van der Waals surface area contributed by atoms with Crippen molar-refractivity contribution in [1.82, 2.24) is 0 Å². The normalized spacial score (nSPS) is 14.0. The number of ether oxygens (including phenoxy) is 1. The van der Waals surface area contributed by atoms with Gasteiger partial charge >= 0.3 is 5.63 Å². The van der Waals surface area contributed by atoms with E-state index in [0.717, 1.165) is 47.8 Å². The number of halogens is 1. The van der Waals surface area contributed by atoms with Crippen LogP contribution >= 0.6 is 11.6 Å². The van der Waals surface area contributed by atoms with E-state index in [9.17, 15) is 4.79 Å². The van der Waals surface area contributed by atoms with Crippen LogP contribution in [-0.4, -0.2) is 6.61 Å². The Kier molecular flexibility index (Phi) is 3.77. The predicted molar refractivity (Wildman–Crippen MR) is 84.4 cm³/mol. The Morgan fingerprint density at radius 2 is 2.05 bits per heavy atom. The minimum atomic E-state index is -0.231. The molecule has 0 atom stereocenters. The molecule has 21 heavy (non-hydrogen) atoms. The summed E-state index contributed by atoms with van der Waals surface area (Å²) in [6.45, 7) is 6.06. The molecule has 0 aliphatic heterocycles. The third-order valence-electron chi connectivity index (χ3n) is 3.75. The molecule has 4 heteroatoms. The lowest BCUT2D eigenvalue weighted by molar-refractivity contribution is 0.352. The van der Waals surface area contributed by atoms with Crippen molar-refractivity contribution < 1.29 is 9.15 Å². The van der Waals surface area contributed by atoms with Crippen molar-refractivity contribution in [2.24, 2.45) is 0 Å². The maximum Gasteiger partial charge on any atom is 0.339 e. The Labute approximate surface area is 128 Å². The van der Waals surface area contributed by atoms with Crippen LogP contribution in [0, 0.1) is 0 Å². The zero-order valence-corrected chi connectivity index (χ0v) is 12.8. The Balaban J connectivity index is 2.14. The van der Waals surface area contributed by atoms with Gasteiger partial charge in [-0.1, -0.05) is 18.2 Å². The second-order valence-electron chi connectivity index (χ2n) is 5.58. The number of fused-ring (bicyclic) bond motifs is 3. The Bertz CT molecular complexity index is 774. The van der Waals surface area contributed by atoms with Gasteiger partial charge in [-0.25, -0.2) is 4.79 Å². The zero-order valence-electron chi connectivity index (χ0n) is 12.0. The summed E-state index contributed by atoms with van der Waals surface area (Å²) in [5.74, 6) is 0.520. The summed E-state index contributed by atoms with van der Waals surface area (Å²) in [6.07, 6.45) is 3.83. The molecule has 0 saturated heterocycles. The quantitative estimate of drug-likeness (QED) is 0.627. The highest BCUT2D eigenvalue weighted by Crippen LogP contribution is 2.34. The largest absolute Gasteiger partial charge is 0.488 e. The Morgan fingerprint density at radius 3 is 2.76 bits per heavy atom.